The standard InChI is InChI=1S/C12H15NO3/c1-3-16-12(15)7-9(2)13-10-5-4-6-11(14)8-10/h4-8,13-14H,3H2,1-2H3/b9-7-. The Labute approximate surface area is 94.6 Å². The van der Waals surface area contributed by atoms with Crippen LogP contribution in [0.5, 0.6) is 5.75 Å². The molecule has 4 heteroatoms. The lowest BCUT2D eigenvalue weighted by Gasteiger charge is -2.06. The zero-order chi connectivity index (χ0) is 12.0. The summed E-state index contributed by atoms with van der Waals surface area (Å²) in [7, 11) is 0. The van der Waals surface area contributed by atoms with Gasteiger partial charge in [-0.05, 0) is 26.0 Å². The molecular formula is C12H15NO3. The summed E-state index contributed by atoms with van der Waals surface area (Å²) in [6, 6.07) is 6.66. The first kappa shape index (κ1) is 12.1. The van der Waals surface area contributed by atoms with Crippen molar-refractivity contribution in [1.82, 2.24) is 0 Å². The molecule has 0 saturated carbocycles. The van der Waals surface area contributed by atoms with Crippen molar-refractivity contribution >= 4 is 11.7 Å². The number of benzene rings is 1. The van der Waals surface area contributed by atoms with Gasteiger partial charge in [-0.25, -0.2) is 4.79 Å². The highest BCUT2D eigenvalue weighted by Crippen LogP contribution is 2.16. The maximum atomic E-state index is 11.1. The number of phenols is 1. The summed E-state index contributed by atoms with van der Waals surface area (Å²) >= 11 is 0. The summed E-state index contributed by atoms with van der Waals surface area (Å²) in [6.07, 6.45) is 1.37. The Bertz CT molecular complexity index is 399. The van der Waals surface area contributed by atoms with Crippen molar-refractivity contribution in [2.45, 2.75) is 13.8 Å². The minimum absolute atomic E-state index is 0.175. The second kappa shape index (κ2) is 5.80. The average molecular weight is 221 g/mol. The molecule has 0 radical (unpaired) electrons. The molecular weight excluding hydrogens is 206 g/mol. The highest BCUT2D eigenvalue weighted by Gasteiger charge is 1.99. The monoisotopic (exact) mass is 221 g/mol. The number of hydrogen-bond donors (Lipinski definition) is 2. The SMILES string of the molecule is CCOC(=O)/C=C(/C)Nc1cccc(O)c1. The van der Waals surface area contributed by atoms with Gasteiger partial charge in [0.1, 0.15) is 5.75 Å². The molecule has 1 aromatic rings. The van der Waals surface area contributed by atoms with Crippen LogP contribution in [0, 0.1) is 0 Å². The lowest BCUT2D eigenvalue weighted by atomic mass is 10.3. The molecule has 0 aliphatic rings. The van der Waals surface area contributed by atoms with Gasteiger partial charge in [0.2, 0.25) is 0 Å². The van der Waals surface area contributed by atoms with Gasteiger partial charge < -0.3 is 15.2 Å². The van der Waals surface area contributed by atoms with E-state index in [2.05, 4.69) is 5.32 Å². The molecule has 0 aliphatic carbocycles. The van der Waals surface area contributed by atoms with Crippen LogP contribution in [0.3, 0.4) is 0 Å². The maximum absolute atomic E-state index is 11.1. The molecule has 0 aromatic heterocycles. The average Bonchev–Trinajstić information content (AvgIpc) is 2.17. The van der Waals surface area contributed by atoms with E-state index >= 15 is 0 Å². The van der Waals surface area contributed by atoms with Crippen LogP contribution in [-0.4, -0.2) is 17.7 Å². The number of carbonyl (C=O) groups is 1. The lowest BCUT2D eigenvalue weighted by Crippen LogP contribution is -2.04. The smallest absolute Gasteiger partial charge is 0.332 e. The van der Waals surface area contributed by atoms with Crippen molar-refractivity contribution in [3.63, 3.8) is 0 Å². The Morgan fingerprint density at radius 3 is 2.94 bits per heavy atom. The third-order valence-corrected chi connectivity index (χ3v) is 1.81. The number of nitrogens with one attached hydrogen (secondary N) is 1. The van der Waals surface area contributed by atoms with E-state index in [0.717, 1.165) is 5.69 Å². The third kappa shape index (κ3) is 4.04. The maximum Gasteiger partial charge on any atom is 0.332 e. The highest BCUT2D eigenvalue weighted by atomic mass is 16.5. The van der Waals surface area contributed by atoms with E-state index in [-0.39, 0.29) is 11.7 Å². The first-order chi connectivity index (χ1) is 7.61. The van der Waals surface area contributed by atoms with Crippen molar-refractivity contribution in [2.24, 2.45) is 0 Å². The molecule has 0 heterocycles. The fraction of sp³-hybridized carbons (Fsp3) is 0.250. The van der Waals surface area contributed by atoms with Crippen molar-refractivity contribution in [1.29, 1.82) is 0 Å². The van der Waals surface area contributed by atoms with E-state index in [4.69, 9.17) is 4.74 Å². The quantitative estimate of drug-likeness (QED) is 0.605. The van der Waals surface area contributed by atoms with Crippen molar-refractivity contribution in [2.75, 3.05) is 11.9 Å². The summed E-state index contributed by atoms with van der Waals surface area (Å²) in [4.78, 5) is 11.1. The highest BCUT2D eigenvalue weighted by molar-refractivity contribution is 5.83. The molecule has 0 amide bonds. The van der Waals surface area contributed by atoms with Gasteiger partial charge in [-0.15, -0.1) is 0 Å². The Balaban J connectivity index is 2.63. The zero-order valence-corrected chi connectivity index (χ0v) is 9.36. The summed E-state index contributed by atoms with van der Waals surface area (Å²) in [5, 5.41) is 12.2. The van der Waals surface area contributed by atoms with Crippen LogP contribution in [-0.2, 0) is 9.53 Å². The van der Waals surface area contributed by atoms with E-state index in [1.165, 1.54) is 6.08 Å². The second-order valence-corrected chi connectivity index (χ2v) is 3.25. The third-order valence-electron chi connectivity index (χ3n) is 1.81. The van der Waals surface area contributed by atoms with Crippen LogP contribution < -0.4 is 5.32 Å². The number of aromatic hydroxyl groups is 1. The van der Waals surface area contributed by atoms with E-state index < -0.39 is 0 Å². The Hall–Kier alpha value is -1.97. The van der Waals surface area contributed by atoms with Crippen LogP contribution in [0.15, 0.2) is 36.0 Å². The van der Waals surface area contributed by atoms with Gasteiger partial charge in [0.05, 0.1) is 6.61 Å². The molecule has 2 N–H and O–H groups in total. The summed E-state index contributed by atoms with van der Waals surface area (Å²) in [5.74, 6) is -0.207. The van der Waals surface area contributed by atoms with Crippen LogP contribution in [0.4, 0.5) is 5.69 Å². The number of hydrogen-bond acceptors (Lipinski definition) is 4. The number of phenolic OH excluding ortho intramolecular Hbond substituents is 1. The summed E-state index contributed by atoms with van der Waals surface area (Å²) in [5.41, 5.74) is 1.38. The van der Waals surface area contributed by atoms with Gasteiger partial charge in [0.15, 0.2) is 0 Å². The predicted octanol–water partition coefficient (Wildman–Crippen LogP) is 2.27. The van der Waals surface area contributed by atoms with E-state index in [1.807, 2.05) is 0 Å². The number of ether oxygens (including phenoxy) is 1. The van der Waals surface area contributed by atoms with Gasteiger partial charge in [0.25, 0.3) is 0 Å². The van der Waals surface area contributed by atoms with Gasteiger partial charge in [-0.2, -0.15) is 0 Å². The number of allylic oxidation sites excluding steroid dienone is 1. The van der Waals surface area contributed by atoms with Gasteiger partial charge in [0, 0.05) is 23.5 Å². The molecule has 0 atom stereocenters. The molecule has 0 unspecified atom stereocenters. The molecule has 1 rings (SSSR count). The van der Waals surface area contributed by atoms with Gasteiger partial charge in [-0.1, -0.05) is 6.07 Å². The fourth-order valence-corrected chi connectivity index (χ4v) is 1.21. The first-order valence-corrected chi connectivity index (χ1v) is 5.03. The zero-order valence-electron chi connectivity index (χ0n) is 9.36. The Morgan fingerprint density at radius 2 is 2.31 bits per heavy atom. The molecule has 1 aromatic carbocycles. The van der Waals surface area contributed by atoms with Crippen LogP contribution in [0.25, 0.3) is 0 Å². The fourth-order valence-electron chi connectivity index (χ4n) is 1.21. The van der Waals surface area contributed by atoms with Crippen molar-refractivity contribution in [3.8, 4) is 5.75 Å². The van der Waals surface area contributed by atoms with E-state index in [1.54, 1.807) is 38.1 Å². The van der Waals surface area contributed by atoms with Crippen molar-refractivity contribution < 1.29 is 14.6 Å². The minimum atomic E-state index is -0.382. The Morgan fingerprint density at radius 1 is 1.56 bits per heavy atom. The second-order valence-electron chi connectivity index (χ2n) is 3.25. The molecule has 16 heavy (non-hydrogen) atoms. The number of esters is 1. The number of carbonyl (C=O) groups excluding carboxylic acids is 1. The predicted molar refractivity (Wildman–Crippen MR) is 62.1 cm³/mol. The minimum Gasteiger partial charge on any atom is -0.508 e. The lowest BCUT2D eigenvalue weighted by molar-refractivity contribution is -0.137. The van der Waals surface area contributed by atoms with Crippen LogP contribution >= 0.6 is 0 Å². The molecule has 0 fully saturated rings. The van der Waals surface area contributed by atoms with Crippen LogP contribution in [0.2, 0.25) is 0 Å². The first-order valence-electron chi connectivity index (χ1n) is 5.03. The molecule has 0 bridgehead atoms. The van der Waals surface area contributed by atoms with Crippen LogP contribution in [0.1, 0.15) is 13.8 Å². The summed E-state index contributed by atoms with van der Waals surface area (Å²) in [6.45, 7) is 3.86. The largest absolute Gasteiger partial charge is 0.508 e. The molecule has 86 valence electrons. The number of anilines is 1. The van der Waals surface area contributed by atoms with Gasteiger partial charge >= 0.3 is 5.97 Å². The Kier molecular flexibility index (Phi) is 4.39. The van der Waals surface area contributed by atoms with E-state index in [9.17, 15) is 9.90 Å². The summed E-state index contributed by atoms with van der Waals surface area (Å²) < 4.78 is 4.77. The molecule has 4 nitrogen and oxygen atoms in total. The topological polar surface area (TPSA) is 58.6 Å². The van der Waals surface area contributed by atoms with Crippen molar-refractivity contribution in [3.05, 3.63) is 36.0 Å². The van der Waals surface area contributed by atoms with E-state index in [0.29, 0.717) is 12.3 Å². The molecule has 0 saturated heterocycles. The van der Waals surface area contributed by atoms with Gasteiger partial charge in [-0.3, -0.25) is 0 Å². The normalized spacial score (nSPS) is 11.0. The molecule has 0 aliphatic heterocycles. The number of rotatable bonds is 4. The molecule has 0 spiro atoms.